The zero-order chi connectivity index (χ0) is 16.4. The zero-order valence-electron chi connectivity index (χ0n) is 12.7. The van der Waals surface area contributed by atoms with Gasteiger partial charge in [0.1, 0.15) is 17.0 Å². The molecule has 0 saturated carbocycles. The van der Waals surface area contributed by atoms with E-state index in [-0.39, 0.29) is 18.0 Å². The Balaban J connectivity index is 1.83. The third kappa shape index (κ3) is 3.09. The monoisotopic (exact) mass is 329 g/mol. The van der Waals surface area contributed by atoms with Gasteiger partial charge in [-0.15, -0.1) is 11.3 Å². The van der Waals surface area contributed by atoms with Gasteiger partial charge in [-0.05, 0) is 36.1 Å². The van der Waals surface area contributed by atoms with Crippen molar-refractivity contribution < 1.29 is 9.53 Å². The number of aryl methyl sites for hydroxylation is 1. The molecule has 1 N–H and O–H groups in total. The topological polar surface area (TPSA) is 73.2 Å². The fraction of sp³-hybridized carbons (Fsp3) is 0.188. The molecular weight excluding hydrogens is 314 g/mol. The van der Waals surface area contributed by atoms with E-state index in [0.717, 1.165) is 5.56 Å². The van der Waals surface area contributed by atoms with Gasteiger partial charge < -0.3 is 10.1 Å². The van der Waals surface area contributed by atoms with Crippen LogP contribution in [-0.4, -0.2) is 22.6 Å². The van der Waals surface area contributed by atoms with Crippen LogP contribution in [0, 0.1) is 6.92 Å². The van der Waals surface area contributed by atoms with Crippen molar-refractivity contribution >= 4 is 33.1 Å². The van der Waals surface area contributed by atoms with Crippen molar-refractivity contribution in [1.29, 1.82) is 0 Å². The van der Waals surface area contributed by atoms with Gasteiger partial charge in [-0.3, -0.25) is 14.2 Å². The Bertz CT molecular complexity index is 930. The highest BCUT2D eigenvalue weighted by Crippen LogP contribution is 2.25. The maximum Gasteiger partial charge on any atom is 0.271 e. The van der Waals surface area contributed by atoms with Gasteiger partial charge in [-0.25, -0.2) is 4.98 Å². The predicted octanol–water partition coefficient (Wildman–Crippen LogP) is 2.41. The van der Waals surface area contributed by atoms with Crippen LogP contribution in [0.1, 0.15) is 5.56 Å². The number of carbonyl (C=O) groups is 1. The van der Waals surface area contributed by atoms with Crippen LogP contribution in [0.2, 0.25) is 0 Å². The van der Waals surface area contributed by atoms with Gasteiger partial charge in [0.15, 0.2) is 0 Å². The average Bonchev–Trinajstić information content (AvgIpc) is 3.00. The molecule has 118 valence electrons. The summed E-state index contributed by atoms with van der Waals surface area (Å²) in [5, 5.41) is 4.58. The number of benzene rings is 1. The summed E-state index contributed by atoms with van der Waals surface area (Å²) >= 11 is 1.32. The van der Waals surface area contributed by atoms with E-state index in [0.29, 0.717) is 21.7 Å². The third-order valence-corrected chi connectivity index (χ3v) is 4.27. The van der Waals surface area contributed by atoms with Gasteiger partial charge in [-0.1, -0.05) is 6.07 Å². The lowest BCUT2D eigenvalue weighted by Crippen LogP contribution is -2.27. The fourth-order valence-electron chi connectivity index (χ4n) is 2.26. The Labute approximate surface area is 136 Å². The third-order valence-electron chi connectivity index (χ3n) is 3.38. The molecule has 0 fully saturated rings. The van der Waals surface area contributed by atoms with Crippen LogP contribution >= 0.6 is 11.3 Å². The first-order valence-corrected chi connectivity index (χ1v) is 7.83. The van der Waals surface area contributed by atoms with Gasteiger partial charge in [0.2, 0.25) is 5.91 Å². The lowest BCUT2D eigenvalue weighted by Gasteiger charge is -2.11. The second-order valence-corrected chi connectivity index (χ2v) is 5.98. The summed E-state index contributed by atoms with van der Waals surface area (Å²) in [6.45, 7) is 1.82. The Morgan fingerprint density at radius 2 is 2.22 bits per heavy atom. The maximum atomic E-state index is 12.3. The molecule has 2 aromatic heterocycles. The Morgan fingerprint density at radius 1 is 1.39 bits per heavy atom. The van der Waals surface area contributed by atoms with E-state index in [1.54, 1.807) is 24.6 Å². The number of hydrogen-bond donors (Lipinski definition) is 1. The van der Waals surface area contributed by atoms with Crippen LogP contribution in [0.4, 0.5) is 5.69 Å². The quantitative estimate of drug-likeness (QED) is 0.798. The SMILES string of the molecule is COc1ccc(C)cc1NC(=O)Cn1cnc2ccsc2c1=O. The number of carbonyl (C=O) groups excluding carboxylic acids is 1. The van der Waals surface area contributed by atoms with E-state index < -0.39 is 0 Å². The summed E-state index contributed by atoms with van der Waals surface area (Å²) in [7, 11) is 1.54. The Morgan fingerprint density at radius 3 is 3.00 bits per heavy atom. The minimum atomic E-state index is -0.311. The number of amides is 1. The lowest BCUT2D eigenvalue weighted by atomic mass is 10.2. The summed E-state index contributed by atoms with van der Waals surface area (Å²) in [6, 6.07) is 7.29. The molecule has 23 heavy (non-hydrogen) atoms. The second-order valence-electron chi connectivity index (χ2n) is 5.06. The van der Waals surface area contributed by atoms with Crippen molar-refractivity contribution in [2.45, 2.75) is 13.5 Å². The van der Waals surface area contributed by atoms with E-state index in [1.165, 1.54) is 22.2 Å². The molecule has 0 saturated heterocycles. The Hall–Kier alpha value is -2.67. The number of anilines is 1. The normalized spacial score (nSPS) is 10.7. The van der Waals surface area contributed by atoms with E-state index in [9.17, 15) is 9.59 Å². The van der Waals surface area contributed by atoms with Gasteiger partial charge >= 0.3 is 0 Å². The number of methoxy groups -OCH3 is 1. The molecule has 0 unspecified atom stereocenters. The molecule has 1 aromatic carbocycles. The van der Waals surface area contributed by atoms with Crippen LogP contribution in [0.25, 0.3) is 10.2 Å². The number of fused-ring (bicyclic) bond motifs is 1. The van der Waals surface area contributed by atoms with E-state index in [2.05, 4.69) is 10.3 Å². The number of thiophene rings is 1. The smallest absolute Gasteiger partial charge is 0.271 e. The highest BCUT2D eigenvalue weighted by atomic mass is 32.1. The largest absolute Gasteiger partial charge is 0.495 e. The van der Waals surface area contributed by atoms with E-state index in [4.69, 9.17) is 4.74 Å². The molecule has 0 aliphatic heterocycles. The molecule has 6 nitrogen and oxygen atoms in total. The fourth-order valence-corrected chi connectivity index (χ4v) is 3.05. The van der Waals surface area contributed by atoms with Gasteiger partial charge in [0.05, 0.1) is 24.6 Å². The molecule has 0 aliphatic rings. The molecule has 0 atom stereocenters. The van der Waals surface area contributed by atoms with Gasteiger partial charge in [-0.2, -0.15) is 0 Å². The zero-order valence-corrected chi connectivity index (χ0v) is 13.5. The first-order valence-electron chi connectivity index (χ1n) is 6.95. The van der Waals surface area contributed by atoms with Crippen LogP contribution in [-0.2, 0) is 11.3 Å². The second kappa shape index (κ2) is 6.21. The minimum absolute atomic E-state index is 0.100. The Kier molecular flexibility index (Phi) is 4.12. The first kappa shape index (κ1) is 15.2. The number of ether oxygens (including phenoxy) is 1. The van der Waals surface area contributed by atoms with Crippen LogP contribution in [0.3, 0.4) is 0 Å². The van der Waals surface area contributed by atoms with Crippen LogP contribution in [0.15, 0.2) is 40.8 Å². The highest BCUT2D eigenvalue weighted by molar-refractivity contribution is 7.17. The minimum Gasteiger partial charge on any atom is -0.495 e. The van der Waals surface area contributed by atoms with Gasteiger partial charge in [0, 0.05) is 0 Å². The predicted molar refractivity (Wildman–Crippen MR) is 90.2 cm³/mol. The molecular formula is C16H15N3O3S. The molecule has 0 bridgehead atoms. The lowest BCUT2D eigenvalue weighted by molar-refractivity contribution is -0.116. The van der Waals surface area contributed by atoms with Crippen molar-refractivity contribution in [1.82, 2.24) is 9.55 Å². The number of nitrogens with zero attached hydrogens (tertiary/aromatic N) is 2. The van der Waals surface area contributed by atoms with Crippen LogP contribution in [0.5, 0.6) is 5.75 Å². The average molecular weight is 329 g/mol. The molecule has 1 amide bonds. The number of nitrogens with one attached hydrogen (secondary N) is 1. The van der Waals surface area contributed by atoms with E-state index >= 15 is 0 Å². The standard InChI is InChI=1S/C16H15N3O3S/c1-10-3-4-13(22-2)12(7-10)18-14(20)8-19-9-17-11-5-6-23-15(11)16(19)21/h3-7,9H,8H2,1-2H3,(H,18,20). The summed E-state index contributed by atoms with van der Waals surface area (Å²) in [5.41, 5.74) is 2.02. The molecule has 0 aliphatic carbocycles. The van der Waals surface area contributed by atoms with E-state index in [1.807, 2.05) is 19.1 Å². The van der Waals surface area contributed by atoms with Crippen molar-refractivity contribution in [3.63, 3.8) is 0 Å². The highest BCUT2D eigenvalue weighted by Gasteiger charge is 2.11. The van der Waals surface area contributed by atoms with Gasteiger partial charge in [0.25, 0.3) is 5.56 Å². The summed E-state index contributed by atoms with van der Waals surface area (Å²) in [4.78, 5) is 28.7. The van der Waals surface area contributed by atoms with Crippen LogP contribution < -0.4 is 15.6 Å². The first-order chi connectivity index (χ1) is 11.1. The summed E-state index contributed by atoms with van der Waals surface area (Å²) < 4.78 is 7.08. The molecule has 0 radical (unpaired) electrons. The molecule has 7 heteroatoms. The number of hydrogen-bond acceptors (Lipinski definition) is 5. The molecule has 3 aromatic rings. The van der Waals surface area contributed by atoms with Crippen molar-refractivity contribution in [2.75, 3.05) is 12.4 Å². The molecule has 0 spiro atoms. The molecule has 3 rings (SSSR count). The van der Waals surface area contributed by atoms with Crippen molar-refractivity contribution in [3.05, 3.63) is 51.9 Å². The summed E-state index contributed by atoms with van der Waals surface area (Å²) in [5.74, 6) is 0.261. The number of aromatic nitrogens is 2. The van der Waals surface area contributed by atoms with Crippen molar-refractivity contribution in [3.8, 4) is 5.75 Å². The summed E-state index contributed by atoms with van der Waals surface area (Å²) in [6.07, 6.45) is 1.39. The maximum absolute atomic E-state index is 12.3. The molecule has 2 heterocycles. The number of rotatable bonds is 4. The van der Waals surface area contributed by atoms with Crippen molar-refractivity contribution in [2.24, 2.45) is 0 Å².